The third-order valence-corrected chi connectivity index (χ3v) is 4.45. The molecule has 7 heteroatoms. The first kappa shape index (κ1) is 17.4. The molecule has 1 aromatic carbocycles. The molecule has 134 valence electrons. The Morgan fingerprint density at radius 1 is 1.28 bits per heavy atom. The van der Waals surface area contributed by atoms with Crippen molar-refractivity contribution in [3.8, 4) is 5.75 Å². The zero-order valence-corrected chi connectivity index (χ0v) is 14.6. The van der Waals surface area contributed by atoms with Gasteiger partial charge in [-0.1, -0.05) is 6.07 Å². The van der Waals surface area contributed by atoms with Crippen molar-refractivity contribution in [1.82, 2.24) is 19.6 Å². The van der Waals surface area contributed by atoms with E-state index in [1.807, 2.05) is 11.0 Å². The molecule has 1 aromatic heterocycles. The maximum absolute atomic E-state index is 13.8. The lowest BCUT2D eigenvalue weighted by molar-refractivity contribution is 0.0761. The number of rotatable bonds is 4. The summed E-state index contributed by atoms with van der Waals surface area (Å²) in [6.07, 6.45) is 4.24. The molecule has 0 saturated carbocycles. The van der Waals surface area contributed by atoms with Crippen LogP contribution in [0, 0.1) is 5.82 Å². The lowest BCUT2D eigenvalue weighted by atomic mass is 10.2. The number of benzene rings is 1. The van der Waals surface area contributed by atoms with Gasteiger partial charge in [-0.25, -0.2) is 4.39 Å². The Morgan fingerprint density at radius 3 is 2.80 bits per heavy atom. The van der Waals surface area contributed by atoms with Gasteiger partial charge >= 0.3 is 0 Å². The number of amides is 1. The number of carbonyl (C=O) groups is 1. The minimum atomic E-state index is -0.344. The van der Waals surface area contributed by atoms with E-state index in [9.17, 15) is 9.18 Å². The van der Waals surface area contributed by atoms with E-state index in [1.165, 1.54) is 13.2 Å². The molecule has 1 saturated heterocycles. The van der Waals surface area contributed by atoms with Crippen molar-refractivity contribution in [3.05, 3.63) is 47.5 Å². The number of ether oxygens (including phenoxy) is 1. The van der Waals surface area contributed by atoms with Crippen LogP contribution >= 0.6 is 0 Å². The molecule has 1 aliphatic rings. The summed E-state index contributed by atoms with van der Waals surface area (Å²) in [5.41, 5.74) is 1.53. The van der Waals surface area contributed by atoms with Crippen molar-refractivity contribution >= 4 is 5.91 Å². The van der Waals surface area contributed by atoms with Gasteiger partial charge in [-0.3, -0.25) is 14.4 Å². The van der Waals surface area contributed by atoms with Crippen molar-refractivity contribution in [1.29, 1.82) is 0 Å². The SMILES string of the molecule is COc1ccc(CN2CCCN(C(=O)c3cnn(C)c3)CC2)cc1F. The zero-order valence-electron chi connectivity index (χ0n) is 14.6. The van der Waals surface area contributed by atoms with E-state index >= 15 is 0 Å². The summed E-state index contributed by atoms with van der Waals surface area (Å²) in [4.78, 5) is 16.7. The van der Waals surface area contributed by atoms with E-state index in [1.54, 1.807) is 30.2 Å². The number of aryl methyl sites for hydroxylation is 1. The maximum atomic E-state index is 13.8. The number of hydrogen-bond acceptors (Lipinski definition) is 4. The molecular weight excluding hydrogens is 323 g/mol. The number of methoxy groups -OCH3 is 1. The minimum absolute atomic E-state index is 0.0189. The van der Waals surface area contributed by atoms with Gasteiger partial charge in [0, 0.05) is 46.0 Å². The standard InChI is InChI=1S/C18H23FN4O2/c1-21-13-15(11-20-21)18(24)23-7-3-6-22(8-9-23)12-14-4-5-17(25-2)16(19)10-14/h4-5,10-11,13H,3,6-9,12H2,1-2H3. The van der Waals surface area contributed by atoms with Gasteiger partial charge in [0.25, 0.3) is 5.91 Å². The fraction of sp³-hybridized carbons (Fsp3) is 0.444. The molecule has 1 aliphatic heterocycles. The van der Waals surface area contributed by atoms with E-state index < -0.39 is 0 Å². The molecule has 25 heavy (non-hydrogen) atoms. The molecule has 0 spiro atoms. The van der Waals surface area contributed by atoms with Gasteiger partial charge < -0.3 is 9.64 Å². The van der Waals surface area contributed by atoms with Crippen LogP contribution in [0.3, 0.4) is 0 Å². The second kappa shape index (κ2) is 7.65. The van der Waals surface area contributed by atoms with Crippen LogP contribution in [0.2, 0.25) is 0 Å². The average molecular weight is 346 g/mol. The highest BCUT2D eigenvalue weighted by atomic mass is 19.1. The monoisotopic (exact) mass is 346 g/mol. The van der Waals surface area contributed by atoms with E-state index in [-0.39, 0.29) is 17.5 Å². The minimum Gasteiger partial charge on any atom is -0.494 e. The zero-order chi connectivity index (χ0) is 17.8. The Labute approximate surface area is 146 Å². The average Bonchev–Trinajstić information content (AvgIpc) is 2.90. The summed E-state index contributed by atoms with van der Waals surface area (Å²) in [5, 5.41) is 4.06. The first-order valence-electron chi connectivity index (χ1n) is 8.39. The Morgan fingerprint density at radius 2 is 2.12 bits per heavy atom. The molecule has 1 fully saturated rings. The first-order valence-corrected chi connectivity index (χ1v) is 8.39. The predicted octanol–water partition coefficient (Wildman–Crippen LogP) is 1.92. The second-order valence-electron chi connectivity index (χ2n) is 6.29. The summed E-state index contributed by atoms with van der Waals surface area (Å²) in [7, 11) is 3.26. The first-order chi connectivity index (χ1) is 12.1. The van der Waals surface area contributed by atoms with E-state index in [4.69, 9.17) is 4.74 Å². The topological polar surface area (TPSA) is 50.6 Å². The summed E-state index contributed by atoms with van der Waals surface area (Å²) < 4.78 is 20.4. The van der Waals surface area contributed by atoms with Gasteiger partial charge in [0.1, 0.15) is 0 Å². The lowest BCUT2D eigenvalue weighted by Crippen LogP contribution is -2.35. The fourth-order valence-electron chi connectivity index (χ4n) is 3.11. The number of carbonyl (C=O) groups excluding carboxylic acids is 1. The van der Waals surface area contributed by atoms with Crippen molar-refractivity contribution in [2.45, 2.75) is 13.0 Å². The summed E-state index contributed by atoms with van der Waals surface area (Å²) in [6.45, 7) is 3.69. The van der Waals surface area contributed by atoms with Gasteiger partial charge in [-0.05, 0) is 24.1 Å². The molecule has 0 radical (unpaired) electrons. The molecule has 1 amide bonds. The molecule has 0 unspecified atom stereocenters. The van der Waals surface area contributed by atoms with Crippen LogP contribution in [-0.2, 0) is 13.6 Å². The number of halogens is 1. The van der Waals surface area contributed by atoms with Gasteiger partial charge in [-0.15, -0.1) is 0 Å². The van der Waals surface area contributed by atoms with Crippen molar-refractivity contribution in [3.63, 3.8) is 0 Å². The Hall–Kier alpha value is -2.41. The van der Waals surface area contributed by atoms with E-state index in [2.05, 4.69) is 10.00 Å². The van der Waals surface area contributed by atoms with E-state index in [0.29, 0.717) is 18.7 Å². The van der Waals surface area contributed by atoms with Gasteiger partial charge in [0.2, 0.25) is 0 Å². The normalized spacial score (nSPS) is 15.9. The van der Waals surface area contributed by atoms with Gasteiger partial charge in [-0.2, -0.15) is 5.10 Å². The van der Waals surface area contributed by atoms with Crippen LogP contribution in [0.4, 0.5) is 4.39 Å². The van der Waals surface area contributed by atoms with Crippen LogP contribution in [0.15, 0.2) is 30.6 Å². The third-order valence-electron chi connectivity index (χ3n) is 4.45. The van der Waals surface area contributed by atoms with Crippen molar-refractivity contribution < 1.29 is 13.9 Å². The van der Waals surface area contributed by atoms with E-state index in [0.717, 1.165) is 31.6 Å². The highest BCUT2D eigenvalue weighted by Gasteiger charge is 2.21. The summed E-state index contributed by atoms with van der Waals surface area (Å²) in [5.74, 6) is -0.0681. The molecule has 2 heterocycles. The second-order valence-corrected chi connectivity index (χ2v) is 6.29. The van der Waals surface area contributed by atoms with Crippen LogP contribution in [-0.4, -0.2) is 58.8 Å². The molecule has 0 bridgehead atoms. The maximum Gasteiger partial charge on any atom is 0.257 e. The van der Waals surface area contributed by atoms with Gasteiger partial charge in [0.05, 0.1) is 18.9 Å². The predicted molar refractivity (Wildman–Crippen MR) is 92.0 cm³/mol. The summed E-state index contributed by atoms with van der Waals surface area (Å²) >= 11 is 0. The third kappa shape index (κ3) is 4.17. The van der Waals surface area contributed by atoms with Crippen LogP contribution in [0.5, 0.6) is 5.75 Å². The number of nitrogens with zero attached hydrogens (tertiary/aromatic N) is 4. The molecule has 0 atom stereocenters. The van der Waals surface area contributed by atoms with Crippen LogP contribution in [0.25, 0.3) is 0 Å². The highest BCUT2D eigenvalue weighted by Crippen LogP contribution is 2.19. The largest absolute Gasteiger partial charge is 0.494 e. The number of hydrogen-bond donors (Lipinski definition) is 0. The smallest absolute Gasteiger partial charge is 0.257 e. The fourth-order valence-corrected chi connectivity index (χ4v) is 3.11. The van der Waals surface area contributed by atoms with Gasteiger partial charge in [0.15, 0.2) is 11.6 Å². The van der Waals surface area contributed by atoms with Crippen molar-refractivity contribution in [2.75, 3.05) is 33.3 Å². The Bertz CT molecular complexity index is 746. The molecule has 6 nitrogen and oxygen atoms in total. The van der Waals surface area contributed by atoms with Crippen LogP contribution < -0.4 is 4.74 Å². The molecule has 2 aromatic rings. The molecular formula is C18H23FN4O2. The number of aromatic nitrogens is 2. The summed E-state index contributed by atoms with van der Waals surface area (Å²) in [6, 6.07) is 5.05. The van der Waals surface area contributed by atoms with Crippen molar-refractivity contribution in [2.24, 2.45) is 7.05 Å². The quantitative estimate of drug-likeness (QED) is 0.849. The Balaban J connectivity index is 1.60. The molecule has 0 aliphatic carbocycles. The Kier molecular flexibility index (Phi) is 5.33. The lowest BCUT2D eigenvalue weighted by Gasteiger charge is -2.22. The molecule has 0 N–H and O–H groups in total. The highest BCUT2D eigenvalue weighted by molar-refractivity contribution is 5.93. The van der Waals surface area contributed by atoms with Crippen LogP contribution in [0.1, 0.15) is 22.3 Å². The molecule has 3 rings (SSSR count).